The maximum atomic E-state index is 15.6. The van der Waals surface area contributed by atoms with E-state index in [1.54, 1.807) is 50.5 Å². The highest BCUT2D eigenvalue weighted by Crippen LogP contribution is 2.29. The topological polar surface area (TPSA) is 612 Å². The molecule has 0 aliphatic carbocycles. The van der Waals surface area contributed by atoms with Crippen LogP contribution in [0.2, 0.25) is 0 Å². The lowest BCUT2D eigenvalue weighted by atomic mass is 9.99. The number of aromatic nitrogens is 4. The number of phenols is 1. The number of allylic oxidation sites excluding steroid dienone is 2. The number of carbonyl (C=O) groups is 16. The zero-order valence-corrected chi connectivity index (χ0v) is 75.7. The van der Waals surface area contributed by atoms with Crippen LogP contribution in [0, 0.1) is 5.92 Å². The first-order chi connectivity index (χ1) is 63.6. The number of hydrogen-bond acceptors (Lipinski definition) is 24. The maximum Gasteiger partial charge on any atom is 0.246 e. The maximum absolute atomic E-state index is 15.6. The van der Waals surface area contributed by atoms with Gasteiger partial charge in [-0.25, -0.2) is 4.98 Å². The van der Waals surface area contributed by atoms with Crippen LogP contribution in [-0.4, -0.2) is 328 Å². The predicted octanol–water partition coefficient (Wildman–Crippen LogP) is -3.08. The van der Waals surface area contributed by atoms with Gasteiger partial charge in [0.25, 0.3) is 0 Å². The number of morpholine rings is 1. The largest absolute Gasteiger partial charge is 0.508 e. The zero-order chi connectivity index (χ0) is 95.9. The molecule has 718 valence electrons. The van der Waals surface area contributed by atoms with E-state index in [1.807, 2.05) is 36.4 Å². The summed E-state index contributed by atoms with van der Waals surface area (Å²) in [4.78, 5) is 254. The molecule has 6 aromatic rings. The highest BCUT2D eigenvalue weighted by Gasteiger charge is 2.48. The summed E-state index contributed by atoms with van der Waals surface area (Å²) in [6.45, 7) is 1.75. The van der Waals surface area contributed by atoms with E-state index in [1.165, 1.54) is 67.6 Å². The summed E-state index contributed by atoms with van der Waals surface area (Å²) in [6, 6.07) is -1.08. The van der Waals surface area contributed by atoms with Crippen LogP contribution in [0.1, 0.15) is 120 Å². The summed E-state index contributed by atoms with van der Waals surface area (Å²) in [5.74, 6) is -15.9. The quantitative estimate of drug-likeness (QED) is 0.0403. The standard InChI is InChI=1S/C90H121N21O21S/c1-49(2)33-64-89(130)111-43-56(114)37-72(111)84(125)101-62(35-53-40-95-60-20-15-13-18-58(53)60)79(120)105-67(44-112)81(122)100-61(29-26-52-39-94-59-19-14-12-17-57(52)59)86(127)108(5)71-22-11-9-7-6-8-10-21-69(107(4)90(71)131)82(123)98-50(3)77(118)106-68(78(119)96-42-75(92)116)46-133-47-76(117)99-65(34-51-24-27-55(113)28-25-51)87(128)110-31-32-132-45-73(110)85(126)104-66(38-74(91)115)88(129)109-30-16-23-70(109)83(124)102-63(80(121)103-64)36-54-41-93-48-97-54/h6-7,12-15,17-20,24-25,27-28,39-41,48-50,56,61-73,88,94-95,112-114,129H,8-11,16,21-23,26,29-38,42-47H2,1-5H3,(H2,91,115)(H2,92,116)(H,93,97)(H,96,119)(H,98,123)(H,99,117)(H,100,122)(H,101,125)(H,102,124)(H,103,121)(H,104,126)(H,105,120)(H,106,118)/b7-6-/t50-,56-,61+,62-,63+,64+,65+,66+,67+,68-,69?,70+,71+,72+,73+,88?/m1/s1. The second-order valence-corrected chi connectivity index (χ2v) is 35.7. The summed E-state index contributed by atoms with van der Waals surface area (Å²) in [5, 5.41) is 73.4. The molecule has 16 amide bonds. The van der Waals surface area contributed by atoms with Crippen LogP contribution < -0.4 is 64.6 Å². The van der Waals surface area contributed by atoms with Gasteiger partial charge in [-0.2, -0.15) is 0 Å². The molecule has 0 spiro atoms. The fourth-order valence-electron chi connectivity index (χ4n) is 17.4. The van der Waals surface area contributed by atoms with Crippen LogP contribution in [0.5, 0.6) is 5.75 Å². The zero-order valence-electron chi connectivity index (χ0n) is 74.9. The van der Waals surface area contributed by atoms with Crippen molar-refractivity contribution in [3.8, 4) is 5.75 Å². The van der Waals surface area contributed by atoms with Gasteiger partial charge < -0.3 is 124 Å². The lowest BCUT2D eigenvalue weighted by Crippen LogP contribution is -2.64. The van der Waals surface area contributed by atoms with Gasteiger partial charge in [0, 0.05) is 111 Å². The number of aromatic amines is 3. The van der Waals surface area contributed by atoms with Crippen molar-refractivity contribution in [3.63, 3.8) is 0 Å². The second-order valence-electron chi connectivity index (χ2n) is 34.7. The van der Waals surface area contributed by atoms with Gasteiger partial charge in [-0.3, -0.25) is 81.6 Å². The molecule has 0 saturated carbocycles. The summed E-state index contributed by atoms with van der Waals surface area (Å²) in [5.41, 5.74) is 14.6. The number of fused-ring (bicyclic) bond motifs is 8. The minimum Gasteiger partial charge on any atom is -0.508 e. The van der Waals surface area contributed by atoms with Crippen molar-refractivity contribution >= 4 is 128 Å². The van der Waals surface area contributed by atoms with E-state index in [0.717, 1.165) is 42.9 Å². The van der Waals surface area contributed by atoms with Crippen molar-refractivity contribution in [3.05, 3.63) is 132 Å². The number of nitrogens with two attached hydrogens (primary N) is 2. The minimum absolute atomic E-state index is 0.0151. The smallest absolute Gasteiger partial charge is 0.246 e. The van der Waals surface area contributed by atoms with Crippen LogP contribution in [0.3, 0.4) is 0 Å². The number of aliphatic hydroxyl groups excluding tert-OH is 3. The van der Waals surface area contributed by atoms with Gasteiger partial charge in [-0.15, -0.1) is 11.8 Å². The number of amides is 16. The fraction of sp³-hybridized carbons (Fsp3) is 0.522. The van der Waals surface area contributed by atoms with E-state index in [4.69, 9.17) is 16.2 Å². The first kappa shape index (κ1) is 101. The minimum atomic E-state index is -1.88. The molecule has 2 unspecified atom stereocenters. The monoisotopic (exact) mass is 1860 g/mol. The lowest BCUT2D eigenvalue weighted by Gasteiger charge is -2.39. The number of carbonyl (C=O) groups excluding carboxylic acids is 16. The van der Waals surface area contributed by atoms with E-state index >= 15 is 38.4 Å². The van der Waals surface area contributed by atoms with Crippen molar-refractivity contribution in [2.75, 3.05) is 71.6 Å². The summed E-state index contributed by atoms with van der Waals surface area (Å²) < 4.78 is 5.75. The van der Waals surface area contributed by atoms with E-state index in [-0.39, 0.29) is 102 Å². The Morgan fingerprint density at radius 3 is 1.82 bits per heavy atom. The van der Waals surface area contributed by atoms with Gasteiger partial charge in [0.2, 0.25) is 94.5 Å². The number of imidazole rings is 1. The number of phenolic OH excluding ortho intramolecular Hbond substituents is 1. The SMILES string of the molecule is CC(C)C[C@@H]1NC(=O)[C@H](Cc2cnc[nH]2)NC(=O)[C@@H]2CCCN2C(O)[C@H](CC(N)=O)NC(=O)[C@@H]2COCCN2C(=O)[C@H](Cc2ccc(O)cc2)NC(=O)CSC[C@H](C(=O)NCC(N)=O)NC(=O)[C@@H](C)NC(=O)C2CCC/C=C\CCC[C@@H](C(=O)N2C)N(C)C(=O)[C@H](CCc2c[nH]c3ccccc23)NC(=O)[C@H](CO)NC(=O)[C@@H](Cc2c[nH]c3ccccc23)NC(=O)[C@@H]2C[C@@H](O)CN2C1=O. The molecule has 8 heterocycles. The predicted molar refractivity (Wildman–Crippen MR) is 484 cm³/mol. The number of hydrogen-bond donors (Lipinski definition) is 19. The number of aryl methyl sites for hydroxylation is 1. The first-order valence-electron chi connectivity index (χ1n) is 44.7. The highest BCUT2D eigenvalue weighted by molar-refractivity contribution is 8.00. The Bertz CT molecular complexity index is 5190. The van der Waals surface area contributed by atoms with E-state index in [2.05, 4.69) is 73.1 Å². The van der Waals surface area contributed by atoms with E-state index < -0.39 is 236 Å². The van der Waals surface area contributed by atoms with Gasteiger partial charge in [-0.05, 0) is 124 Å². The van der Waals surface area contributed by atoms with E-state index in [0.29, 0.717) is 53.4 Å². The molecule has 0 radical (unpaired) electrons. The molecule has 4 saturated heterocycles. The Balaban J connectivity index is 0.932. The molecule has 133 heavy (non-hydrogen) atoms. The highest BCUT2D eigenvalue weighted by atomic mass is 32.2. The number of likely N-dealkylation sites (N-methyl/N-ethyl adjacent to an activating group) is 2. The van der Waals surface area contributed by atoms with Crippen molar-refractivity contribution in [1.29, 1.82) is 0 Å². The molecule has 42 nitrogen and oxygen atoms in total. The molecule has 11 rings (SSSR count). The van der Waals surface area contributed by atoms with Crippen LogP contribution in [-0.2, 0) is 107 Å². The molecule has 5 aliphatic heterocycles. The summed E-state index contributed by atoms with van der Waals surface area (Å²) in [7, 11) is 2.73. The van der Waals surface area contributed by atoms with Gasteiger partial charge >= 0.3 is 0 Å². The fourth-order valence-corrected chi connectivity index (χ4v) is 18.3. The van der Waals surface area contributed by atoms with Crippen molar-refractivity contribution in [2.24, 2.45) is 17.4 Å². The van der Waals surface area contributed by atoms with Crippen LogP contribution in [0.4, 0.5) is 0 Å². The number of primary amides is 2. The number of H-pyrrole nitrogens is 3. The number of thioether (sulfide) groups is 1. The van der Waals surface area contributed by atoms with Crippen molar-refractivity contribution < 1.29 is 102 Å². The molecular formula is C90H121N21O21S. The molecule has 2 bridgehead atoms. The van der Waals surface area contributed by atoms with Gasteiger partial charge in [-0.1, -0.05) is 74.5 Å². The molecule has 3 aromatic carbocycles. The molecule has 43 heteroatoms. The Morgan fingerprint density at radius 1 is 0.579 bits per heavy atom. The van der Waals surface area contributed by atoms with Gasteiger partial charge in [0.15, 0.2) is 0 Å². The average molecular weight is 1870 g/mol. The Labute approximate surface area is 771 Å². The molecule has 16 atom stereocenters. The Morgan fingerprint density at radius 2 is 1.17 bits per heavy atom. The average Bonchev–Trinajstić information content (AvgIpc) is 1.76. The van der Waals surface area contributed by atoms with Crippen LogP contribution >= 0.6 is 11.8 Å². The summed E-state index contributed by atoms with van der Waals surface area (Å²) >= 11 is 0.794. The molecule has 4 fully saturated rings. The lowest BCUT2D eigenvalue weighted by molar-refractivity contribution is -0.152. The van der Waals surface area contributed by atoms with Gasteiger partial charge in [0.05, 0.1) is 63.1 Å². The molecule has 3 aromatic heterocycles. The number of para-hydroxylation sites is 2. The second kappa shape index (κ2) is 47.5. The molecule has 21 N–H and O–H groups in total. The van der Waals surface area contributed by atoms with Crippen molar-refractivity contribution in [2.45, 2.75) is 220 Å². The molecular weight excluding hydrogens is 1740 g/mol. The normalized spacial score (nSPS) is 27.2. The van der Waals surface area contributed by atoms with Gasteiger partial charge in [0.1, 0.15) is 84.5 Å². The number of nitrogens with zero attached hydrogens (tertiary/aromatic N) is 6. The van der Waals surface area contributed by atoms with E-state index in [9.17, 15) is 58.8 Å². The third-order valence-electron chi connectivity index (χ3n) is 24.5. The number of rotatable bonds is 17. The van der Waals surface area contributed by atoms with Crippen LogP contribution in [0.15, 0.2) is 110 Å². The number of ether oxygens (including phenoxy) is 1. The number of aromatic hydroxyl groups is 1. The number of nitrogens with one attached hydrogen (secondary N) is 13. The van der Waals surface area contributed by atoms with Crippen LogP contribution in [0.25, 0.3) is 21.8 Å². The van der Waals surface area contributed by atoms with Crippen molar-refractivity contribution in [1.82, 2.24) is 97.6 Å². The number of benzene rings is 3. The third-order valence-corrected chi connectivity index (χ3v) is 25.6. The number of aliphatic hydroxyl groups is 3. The first-order valence-corrected chi connectivity index (χ1v) is 45.9. The Kier molecular flexibility index (Phi) is 36.0. The Hall–Kier alpha value is -12.8. The molecule has 5 aliphatic rings. The summed E-state index contributed by atoms with van der Waals surface area (Å²) in [6.07, 6.45) is 6.58. The third kappa shape index (κ3) is 27.0.